The number of benzene rings is 1. The topological polar surface area (TPSA) is 106 Å². The highest BCUT2D eigenvalue weighted by Gasteiger charge is 2.28. The van der Waals surface area contributed by atoms with Crippen molar-refractivity contribution in [1.29, 1.82) is 0 Å². The van der Waals surface area contributed by atoms with Gasteiger partial charge in [-0.25, -0.2) is 9.59 Å². The number of rotatable bonds is 10. The highest BCUT2D eigenvalue weighted by Crippen LogP contribution is 2.24. The first-order valence-electron chi connectivity index (χ1n) is 10.0. The summed E-state index contributed by atoms with van der Waals surface area (Å²) in [7, 11) is 0. The van der Waals surface area contributed by atoms with Crippen LogP contribution in [0.5, 0.6) is 5.75 Å². The summed E-state index contributed by atoms with van der Waals surface area (Å²) < 4.78 is 11.0. The minimum Gasteiger partial charge on any atom is -0.481 e. The Morgan fingerprint density at radius 2 is 1.93 bits per heavy atom. The first kappa shape index (κ1) is 22.5. The van der Waals surface area contributed by atoms with Crippen molar-refractivity contribution >= 4 is 22.8 Å². The number of carboxylic acid groups (broad SMARTS) is 1. The molecule has 2 rings (SSSR count). The van der Waals surface area contributed by atoms with E-state index in [1.54, 1.807) is 26.0 Å². The van der Waals surface area contributed by atoms with Crippen molar-refractivity contribution in [1.82, 2.24) is 5.32 Å². The van der Waals surface area contributed by atoms with Gasteiger partial charge >= 0.3 is 11.6 Å². The Morgan fingerprint density at radius 1 is 1.21 bits per heavy atom. The van der Waals surface area contributed by atoms with Crippen molar-refractivity contribution in [3.8, 4) is 5.75 Å². The minimum absolute atomic E-state index is 0.208. The van der Waals surface area contributed by atoms with Crippen LogP contribution in [0.15, 0.2) is 33.5 Å². The summed E-state index contributed by atoms with van der Waals surface area (Å²) >= 11 is 0. The van der Waals surface area contributed by atoms with Crippen LogP contribution >= 0.6 is 0 Å². The van der Waals surface area contributed by atoms with Crippen LogP contribution in [0.4, 0.5) is 0 Å². The molecule has 0 unspecified atom stereocenters. The lowest BCUT2D eigenvalue weighted by Gasteiger charge is -2.22. The van der Waals surface area contributed by atoms with Crippen LogP contribution in [0.1, 0.15) is 52.5 Å². The molecule has 1 aromatic heterocycles. The zero-order valence-corrected chi connectivity index (χ0v) is 17.4. The minimum atomic E-state index is -1.08. The monoisotopic (exact) mass is 403 g/mol. The van der Waals surface area contributed by atoms with Gasteiger partial charge in [0, 0.05) is 17.5 Å². The SMILES string of the molecule is CCCCc1cc(=O)oc2cc(O[C@H](C)C(=O)N[C@@H](C(=O)O)[C@@H](C)CC)ccc12. The molecule has 1 amide bonds. The van der Waals surface area contributed by atoms with Gasteiger partial charge in [-0.15, -0.1) is 0 Å². The zero-order chi connectivity index (χ0) is 21.6. The van der Waals surface area contributed by atoms with Gasteiger partial charge in [-0.2, -0.15) is 0 Å². The lowest BCUT2D eigenvalue weighted by atomic mass is 9.99. The number of carboxylic acids is 1. The molecular formula is C22H29NO6. The number of hydrogen-bond donors (Lipinski definition) is 2. The fourth-order valence-corrected chi connectivity index (χ4v) is 3.07. The van der Waals surface area contributed by atoms with Crippen molar-refractivity contribution < 1.29 is 23.8 Å². The molecule has 158 valence electrons. The molecule has 0 bridgehead atoms. The highest BCUT2D eigenvalue weighted by molar-refractivity contribution is 5.86. The molecule has 0 aliphatic heterocycles. The second kappa shape index (κ2) is 10.1. The number of aryl methyl sites for hydroxylation is 1. The Balaban J connectivity index is 2.17. The van der Waals surface area contributed by atoms with Crippen LogP contribution in [0.2, 0.25) is 0 Å². The van der Waals surface area contributed by atoms with E-state index in [2.05, 4.69) is 12.2 Å². The molecule has 0 spiro atoms. The number of ether oxygens (including phenoxy) is 1. The maximum absolute atomic E-state index is 12.4. The Kier molecular flexibility index (Phi) is 7.82. The molecule has 29 heavy (non-hydrogen) atoms. The molecule has 0 radical (unpaired) electrons. The quantitative estimate of drug-likeness (QED) is 0.588. The van der Waals surface area contributed by atoms with E-state index >= 15 is 0 Å². The highest BCUT2D eigenvalue weighted by atomic mass is 16.5. The van der Waals surface area contributed by atoms with Gasteiger partial charge in [0.1, 0.15) is 17.4 Å². The van der Waals surface area contributed by atoms with E-state index in [9.17, 15) is 19.5 Å². The van der Waals surface area contributed by atoms with Gasteiger partial charge in [-0.3, -0.25) is 4.79 Å². The van der Waals surface area contributed by atoms with E-state index in [1.807, 2.05) is 13.0 Å². The van der Waals surface area contributed by atoms with Gasteiger partial charge in [0.2, 0.25) is 0 Å². The molecule has 0 saturated heterocycles. The molecule has 2 N–H and O–H groups in total. The molecule has 7 nitrogen and oxygen atoms in total. The Hall–Kier alpha value is -2.83. The second-order valence-electron chi connectivity index (χ2n) is 7.32. The van der Waals surface area contributed by atoms with E-state index in [-0.39, 0.29) is 5.92 Å². The molecule has 3 atom stereocenters. The number of hydrogen-bond acceptors (Lipinski definition) is 5. The van der Waals surface area contributed by atoms with E-state index < -0.39 is 29.6 Å². The summed E-state index contributed by atoms with van der Waals surface area (Å²) in [5.74, 6) is -1.44. The number of fused-ring (bicyclic) bond motifs is 1. The number of carbonyl (C=O) groups is 2. The summed E-state index contributed by atoms with van der Waals surface area (Å²) in [6, 6.07) is 5.64. The lowest BCUT2D eigenvalue weighted by molar-refractivity contribution is -0.144. The summed E-state index contributed by atoms with van der Waals surface area (Å²) in [5, 5.41) is 12.7. The van der Waals surface area contributed by atoms with Gasteiger partial charge in [-0.05, 0) is 43.4 Å². The molecule has 0 fully saturated rings. The van der Waals surface area contributed by atoms with Gasteiger partial charge < -0.3 is 19.6 Å². The number of amides is 1. The molecule has 2 aromatic rings. The van der Waals surface area contributed by atoms with Crippen molar-refractivity contribution in [2.75, 3.05) is 0 Å². The predicted molar refractivity (Wildman–Crippen MR) is 110 cm³/mol. The number of nitrogens with one attached hydrogen (secondary N) is 1. The smallest absolute Gasteiger partial charge is 0.336 e. The van der Waals surface area contributed by atoms with Crippen molar-refractivity contribution in [3.63, 3.8) is 0 Å². The van der Waals surface area contributed by atoms with Crippen LogP contribution in [-0.2, 0) is 16.0 Å². The standard InChI is InChI=1S/C22H29NO6/c1-5-7-8-15-11-19(24)29-18-12-16(9-10-17(15)18)28-14(4)21(25)23-20(22(26)27)13(3)6-2/h9-14,20H,5-8H2,1-4H3,(H,23,25)(H,26,27)/t13-,14+,20+/m0/s1. The second-order valence-corrected chi connectivity index (χ2v) is 7.32. The molecule has 0 aliphatic carbocycles. The van der Waals surface area contributed by atoms with Crippen LogP contribution in [0, 0.1) is 5.92 Å². The van der Waals surface area contributed by atoms with Crippen LogP contribution in [-0.4, -0.2) is 29.1 Å². The van der Waals surface area contributed by atoms with E-state index in [0.29, 0.717) is 17.8 Å². The van der Waals surface area contributed by atoms with Crippen molar-refractivity contribution in [2.45, 2.75) is 65.5 Å². The third-order valence-electron chi connectivity index (χ3n) is 5.06. The molecule has 1 heterocycles. The Morgan fingerprint density at radius 3 is 2.55 bits per heavy atom. The number of unbranched alkanes of at least 4 members (excludes halogenated alkanes) is 1. The van der Waals surface area contributed by atoms with E-state index in [4.69, 9.17) is 9.15 Å². The van der Waals surface area contributed by atoms with Gasteiger partial charge in [0.05, 0.1) is 0 Å². The first-order valence-corrected chi connectivity index (χ1v) is 10.0. The predicted octanol–water partition coefficient (Wildman–Crippen LogP) is 3.52. The molecule has 0 saturated carbocycles. The molecule has 1 aromatic carbocycles. The summed E-state index contributed by atoms with van der Waals surface area (Å²) in [4.78, 5) is 35.7. The summed E-state index contributed by atoms with van der Waals surface area (Å²) in [5.41, 5.74) is 0.898. The van der Waals surface area contributed by atoms with Crippen molar-refractivity contribution in [2.24, 2.45) is 5.92 Å². The average Bonchev–Trinajstić information content (AvgIpc) is 2.68. The largest absolute Gasteiger partial charge is 0.481 e. The van der Waals surface area contributed by atoms with Crippen LogP contribution < -0.4 is 15.7 Å². The number of aliphatic carboxylic acids is 1. The van der Waals surface area contributed by atoms with Gasteiger partial charge in [0.25, 0.3) is 5.91 Å². The lowest BCUT2D eigenvalue weighted by Crippen LogP contribution is -2.49. The number of carbonyl (C=O) groups excluding carboxylic acids is 1. The maximum Gasteiger partial charge on any atom is 0.336 e. The zero-order valence-electron chi connectivity index (χ0n) is 17.4. The average molecular weight is 403 g/mol. The third kappa shape index (κ3) is 5.82. The maximum atomic E-state index is 12.4. The van der Waals surface area contributed by atoms with Crippen LogP contribution in [0.25, 0.3) is 11.0 Å². The molecular weight excluding hydrogens is 374 g/mol. The van der Waals surface area contributed by atoms with E-state index in [0.717, 1.165) is 30.2 Å². The summed E-state index contributed by atoms with van der Waals surface area (Å²) in [6.07, 6.45) is 2.48. The Labute approximate surface area is 170 Å². The fraction of sp³-hybridized carbons (Fsp3) is 0.500. The summed E-state index contributed by atoms with van der Waals surface area (Å²) in [6.45, 7) is 7.27. The van der Waals surface area contributed by atoms with E-state index in [1.165, 1.54) is 6.07 Å². The third-order valence-corrected chi connectivity index (χ3v) is 5.06. The van der Waals surface area contributed by atoms with Gasteiger partial charge in [-0.1, -0.05) is 33.6 Å². The normalized spacial score (nSPS) is 14.2. The first-order chi connectivity index (χ1) is 13.8. The Bertz CT molecular complexity index is 919. The van der Waals surface area contributed by atoms with Gasteiger partial charge in [0.15, 0.2) is 6.10 Å². The van der Waals surface area contributed by atoms with Crippen LogP contribution in [0.3, 0.4) is 0 Å². The fourth-order valence-electron chi connectivity index (χ4n) is 3.07. The molecule has 0 aliphatic rings. The van der Waals surface area contributed by atoms with Crippen molar-refractivity contribution in [3.05, 3.63) is 40.2 Å². The molecule has 7 heteroatoms.